The predicted octanol–water partition coefficient (Wildman–Crippen LogP) is 3.93. The minimum Gasteiger partial charge on any atom is -0.309 e. The van der Waals surface area contributed by atoms with Crippen molar-refractivity contribution in [3.63, 3.8) is 0 Å². The molecule has 3 aromatic rings. The molecule has 6 nitrogen and oxygen atoms in total. The number of piperidine rings is 1. The summed E-state index contributed by atoms with van der Waals surface area (Å²) in [6, 6.07) is 21.0. The number of hydrogen-bond acceptors (Lipinski definition) is 4. The van der Waals surface area contributed by atoms with Gasteiger partial charge in [-0.3, -0.25) is 4.79 Å². The average Bonchev–Trinajstić information content (AvgIpc) is 2.81. The molecule has 1 aliphatic heterocycles. The fourth-order valence-corrected chi connectivity index (χ4v) is 5.34. The Labute approximate surface area is 176 Å². The van der Waals surface area contributed by atoms with Gasteiger partial charge in [0.15, 0.2) is 0 Å². The van der Waals surface area contributed by atoms with Gasteiger partial charge in [-0.25, -0.2) is 13.4 Å². The highest BCUT2D eigenvalue weighted by Gasteiger charge is 2.37. The fourth-order valence-electron chi connectivity index (χ4n) is 3.66. The van der Waals surface area contributed by atoms with Crippen molar-refractivity contribution in [2.24, 2.45) is 0 Å². The second-order valence-corrected chi connectivity index (χ2v) is 9.12. The van der Waals surface area contributed by atoms with Crippen LogP contribution in [0.3, 0.4) is 0 Å². The minimum atomic E-state index is -3.74. The van der Waals surface area contributed by atoms with Crippen molar-refractivity contribution in [2.75, 3.05) is 11.9 Å². The number of carbonyl (C=O) groups excluding carboxylic acids is 1. The van der Waals surface area contributed by atoms with Gasteiger partial charge in [-0.05, 0) is 42.7 Å². The first-order valence-electron chi connectivity index (χ1n) is 9.95. The summed E-state index contributed by atoms with van der Waals surface area (Å²) in [4.78, 5) is 17.5. The minimum absolute atomic E-state index is 0.204. The smallest absolute Gasteiger partial charge is 0.243 e. The molecule has 1 atom stereocenters. The van der Waals surface area contributed by atoms with Gasteiger partial charge in [0.05, 0.1) is 4.90 Å². The summed E-state index contributed by atoms with van der Waals surface area (Å²) in [5.41, 5.74) is 1.98. The molecule has 1 fully saturated rings. The molecule has 0 aliphatic carbocycles. The molecule has 1 saturated heterocycles. The van der Waals surface area contributed by atoms with Crippen LogP contribution in [0.4, 0.5) is 5.82 Å². The van der Waals surface area contributed by atoms with E-state index in [-0.39, 0.29) is 10.8 Å². The fraction of sp³-hybridized carbons (Fsp3) is 0.217. The van der Waals surface area contributed by atoms with Gasteiger partial charge in [0.2, 0.25) is 15.9 Å². The maximum atomic E-state index is 13.1. The number of nitrogens with zero attached hydrogens (tertiary/aromatic N) is 2. The van der Waals surface area contributed by atoms with E-state index in [4.69, 9.17) is 0 Å². The number of benzene rings is 2. The lowest BCUT2D eigenvalue weighted by atomic mass is 10.0. The summed E-state index contributed by atoms with van der Waals surface area (Å²) in [6.45, 7) is 0.329. The standard InChI is InChI=1S/C23H23N3O3S/c27-23(25-22-15-14-19(17-24-22)18-9-3-1-4-10-18)21-13-7-8-16-26(21)30(28,29)20-11-5-2-6-12-20/h1-6,9-12,14-15,17,21H,7-8,13,16H2,(H,24,25,27). The van der Waals surface area contributed by atoms with E-state index in [2.05, 4.69) is 10.3 Å². The van der Waals surface area contributed by atoms with Crippen LogP contribution < -0.4 is 5.32 Å². The second kappa shape index (κ2) is 8.77. The Morgan fingerprint density at radius 2 is 1.60 bits per heavy atom. The maximum absolute atomic E-state index is 13.1. The van der Waals surface area contributed by atoms with Crippen LogP contribution in [0.25, 0.3) is 11.1 Å². The molecule has 154 valence electrons. The number of amides is 1. The van der Waals surface area contributed by atoms with Crippen molar-refractivity contribution in [3.05, 3.63) is 79.0 Å². The summed E-state index contributed by atoms with van der Waals surface area (Å²) in [5, 5.41) is 2.79. The Morgan fingerprint density at radius 1 is 0.900 bits per heavy atom. The molecular weight excluding hydrogens is 398 g/mol. The molecule has 2 heterocycles. The van der Waals surface area contributed by atoms with Crippen molar-refractivity contribution < 1.29 is 13.2 Å². The van der Waals surface area contributed by atoms with Crippen LogP contribution in [0.2, 0.25) is 0 Å². The molecule has 1 amide bonds. The zero-order valence-electron chi connectivity index (χ0n) is 16.4. The molecule has 30 heavy (non-hydrogen) atoms. The number of aromatic nitrogens is 1. The number of pyridine rings is 1. The summed E-state index contributed by atoms with van der Waals surface area (Å²) < 4.78 is 27.5. The molecular formula is C23H23N3O3S. The third kappa shape index (κ3) is 4.27. The van der Waals surface area contributed by atoms with Crippen LogP contribution >= 0.6 is 0 Å². The predicted molar refractivity (Wildman–Crippen MR) is 116 cm³/mol. The Hall–Kier alpha value is -3.03. The lowest BCUT2D eigenvalue weighted by molar-refractivity contribution is -0.120. The summed E-state index contributed by atoms with van der Waals surface area (Å²) in [5.74, 6) is 0.0523. The van der Waals surface area contributed by atoms with Gasteiger partial charge in [0.25, 0.3) is 0 Å². The number of rotatable bonds is 5. The van der Waals surface area contributed by atoms with Crippen LogP contribution in [0, 0.1) is 0 Å². The SMILES string of the molecule is O=C(Nc1ccc(-c2ccccc2)cn1)C1CCCCN1S(=O)(=O)c1ccccc1. The zero-order chi connectivity index (χ0) is 21.0. The number of anilines is 1. The van der Waals surface area contributed by atoms with E-state index in [1.807, 2.05) is 36.4 Å². The van der Waals surface area contributed by atoms with Crippen molar-refractivity contribution in [1.29, 1.82) is 0 Å². The zero-order valence-corrected chi connectivity index (χ0v) is 17.3. The summed E-state index contributed by atoms with van der Waals surface area (Å²) >= 11 is 0. The highest BCUT2D eigenvalue weighted by Crippen LogP contribution is 2.26. The van der Waals surface area contributed by atoms with Gasteiger partial charge in [0, 0.05) is 18.3 Å². The van der Waals surface area contributed by atoms with Crippen LogP contribution in [0.5, 0.6) is 0 Å². The molecule has 0 spiro atoms. The van der Waals surface area contributed by atoms with Gasteiger partial charge in [0.1, 0.15) is 11.9 Å². The molecule has 4 rings (SSSR count). The first-order chi connectivity index (χ1) is 14.6. The van der Waals surface area contributed by atoms with E-state index >= 15 is 0 Å². The first kappa shape index (κ1) is 20.3. The first-order valence-corrected chi connectivity index (χ1v) is 11.4. The van der Waals surface area contributed by atoms with Crippen molar-refractivity contribution in [3.8, 4) is 11.1 Å². The number of nitrogens with one attached hydrogen (secondary N) is 1. The van der Waals surface area contributed by atoms with E-state index in [1.54, 1.807) is 42.6 Å². The quantitative estimate of drug-likeness (QED) is 0.677. The molecule has 7 heteroatoms. The number of sulfonamides is 1. The molecule has 1 N–H and O–H groups in total. The van der Waals surface area contributed by atoms with E-state index in [1.165, 1.54) is 4.31 Å². The Morgan fingerprint density at radius 3 is 2.27 bits per heavy atom. The average molecular weight is 422 g/mol. The Balaban J connectivity index is 1.51. The lowest BCUT2D eigenvalue weighted by Gasteiger charge is -2.33. The molecule has 0 bridgehead atoms. The van der Waals surface area contributed by atoms with E-state index in [0.29, 0.717) is 18.8 Å². The van der Waals surface area contributed by atoms with E-state index in [9.17, 15) is 13.2 Å². The lowest BCUT2D eigenvalue weighted by Crippen LogP contribution is -2.49. The van der Waals surface area contributed by atoms with Crippen molar-refractivity contribution >= 4 is 21.7 Å². The highest BCUT2D eigenvalue weighted by molar-refractivity contribution is 7.89. The topological polar surface area (TPSA) is 79.4 Å². The molecule has 0 saturated carbocycles. The number of carbonyl (C=O) groups is 1. The summed E-state index contributed by atoms with van der Waals surface area (Å²) in [6.07, 6.45) is 3.73. The van der Waals surface area contributed by atoms with Crippen LogP contribution in [-0.4, -0.2) is 36.2 Å². The molecule has 2 aromatic carbocycles. The largest absolute Gasteiger partial charge is 0.309 e. The van der Waals surface area contributed by atoms with E-state index in [0.717, 1.165) is 24.0 Å². The van der Waals surface area contributed by atoms with Crippen LogP contribution in [0.15, 0.2) is 83.9 Å². The highest BCUT2D eigenvalue weighted by atomic mass is 32.2. The molecule has 1 aromatic heterocycles. The number of hydrogen-bond donors (Lipinski definition) is 1. The monoisotopic (exact) mass is 421 g/mol. The normalized spacial score (nSPS) is 17.4. The second-order valence-electron chi connectivity index (χ2n) is 7.23. The Kier molecular flexibility index (Phi) is 5.92. The molecule has 1 aliphatic rings. The third-order valence-corrected chi connectivity index (χ3v) is 7.15. The summed E-state index contributed by atoms with van der Waals surface area (Å²) in [7, 11) is -3.74. The van der Waals surface area contributed by atoms with E-state index < -0.39 is 16.1 Å². The Bertz CT molecular complexity index is 1100. The third-order valence-electron chi connectivity index (χ3n) is 5.23. The van der Waals surface area contributed by atoms with Gasteiger partial charge >= 0.3 is 0 Å². The van der Waals surface area contributed by atoms with Gasteiger partial charge in [-0.1, -0.05) is 55.0 Å². The van der Waals surface area contributed by atoms with Gasteiger partial charge < -0.3 is 5.32 Å². The van der Waals surface area contributed by atoms with Gasteiger partial charge in [-0.15, -0.1) is 0 Å². The molecule has 1 unspecified atom stereocenters. The van der Waals surface area contributed by atoms with Crippen molar-refractivity contribution in [2.45, 2.75) is 30.2 Å². The van der Waals surface area contributed by atoms with Crippen LogP contribution in [0.1, 0.15) is 19.3 Å². The molecule has 0 radical (unpaired) electrons. The van der Waals surface area contributed by atoms with Gasteiger partial charge in [-0.2, -0.15) is 4.31 Å². The van der Waals surface area contributed by atoms with Crippen LogP contribution in [-0.2, 0) is 14.8 Å². The maximum Gasteiger partial charge on any atom is 0.243 e. The van der Waals surface area contributed by atoms with Crippen molar-refractivity contribution in [1.82, 2.24) is 9.29 Å².